The number of hydrogen-bond acceptors (Lipinski definition) is 5. The highest BCUT2D eigenvalue weighted by Crippen LogP contribution is 2.30. The third kappa shape index (κ3) is 5.03. The Morgan fingerprint density at radius 1 is 1.13 bits per heavy atom. The van der Waals surface area contributed by atoms with E-state index < -0.39 is 24.7 Å². The molecule has 0 aromatic heterocycles. The molecule has 1 aliphatic rings. The average Bonchev–Trinajstić information content (AvgIpc) is 3.24. The lowest BCUT2D eigenvalue weighted by atomic mass is 10.0. The van der Waals surface area contributed by atoms with E-state index in [-0.39, 0.29) is 35.8 Å². The number of ether oxygens (including phenoxy) is 1. The van der Waals surface area contributed by atoms with E-state index in [0.717, 1.165) is 0 Å². The van der Waals surface area contributed by atoms with Crippen molar-refractivity contribution in [2.75, 3.05) is 25.6 Å². The molecule has 0 unspecified atom stereocenters. The number of aliphatic hydroxyl groups is 1. The van der Waals surface area contributed by atoms with Crippen LogP contribution in [0, 0.1) is 5.82 Å². The van der Waals surface area contributed by atoms with E-state index in [2.05, 4.69) is 10.8 Å². The zero-order valence-electron chi connectivity index (χ0n) is 19.0. The average molecular weight is 417 g/mol. The van der Waals surface area contributed by atoms with E-state index in [9.17, 15) is 14.0 Å². The van der Waals surface area contributed by atoms with Crippen LogP contribution in [-0.2, 0) is 14.4 Å². The quantitative estimate of drug-likeness (QED) is 0.453. The largest absolute Gasteiger partial charge is 0.497 e. The molecule has 0 bridgehead atoms. The second-order valence-corrected chi connectivity index (χ2v) is 6.59. The van der Waals surface area contributed by atoms with Gasteiger partial charge in [-0.05, 0) is 54.7 Å². The summed E-state index contributed by atoms with van der Waals surface area (Å²) in [6.07, 6.45) is 1.35. The molecule has 3 N–H and O–H groups in total. The number of rotatable bonds is 8. The van der Waals surface area contributed by atoms with Crippen LogP contribution in [0.3, 0.4) is 0 Å². The standard InChI is InChI=1S/C22H23FN2O5/c1-29-16-5-2-4-14(12-16)15-8-9-20(19(23)13-15)24-21(27)17-6-3-7-18(17)22(28)25-30-11-10-26/h2,4-5,8-9,12-13,26H,3,6-7,10-11H2,1H3,(H,24,27)(H,25,28)/i1D3. The number of hydroxylamine groups is 1. The lowest BCUT2D eigenvalue weighted by Crippen LogP contribution is -2.28. The minimum atomic E-state index is -2.60. The number of benzene rings is 2. The van der Waals surface area contributed by atoms with Crippen molar-refractivity contribution in [3.63, 3.8) is 0 Å². The number of anilines is 1. The van der Waals surface area contributed by atoms with Gasteiger partial charge in [0.05, 0.1) is 30.1 Å². The zero-order chi connectivity index (χ0) is 24.0. The summed E-state index contributed by atoms with van der Waals surface area (Å²) in [6.45, 7) is -0.345. The molecule has 3 rings (SSSR count). The van der Waals surface area contributed by atoms with Crippen LogP contribution in [0.4, 0.5) is 10.1 Å². The lowest BCUT2D eigenvalue weighted by Gasteiger charge is -2.11. The van der Waals surface area contributed by atoms with Gasteiger partial charge in [-0.25, -0.2) is 9.87 Å². The fourth-order valence-corrected chi connectivity index (χ4v) is 3.20. The molecule has 0 saturated carbocycles. The Morgan fingerprint density at radius 2 is 1.90 bits per heavy atom. The Hall–Kier alpha value is -3.23. The van der Waals surface area contributed by atoms with Crippen molar-refractivity contribution in [3.8, 4) is 16.9 Å². The van der Waals surface area contributed by atoms with Crippen LogP contribution in [0.2, 0.25) is 0 Å². The first-order chi connectivity index (χ1) is 15.7. The van der Waals surface area contributed by atoms with Gasteiger partial charge in [0.1, 0.15) is 11.6 Å². The highest BCUT2D eigenvalue weighted by Gasteiger charge is 2.26. The summed E-state index contributed by atoms with van der Waals surface area (Å²) >= 11 is 0. The number of nitrogens with one attached hydrogen (secondary N) is 2. The molecular weight excluding hydrogens is 391 g/mol. The Morgan fingerprint density at radius 3 is 2.63 bits per heavy atom. The van der Waals surface area contributed by atoms with E-state index in [1.165, 1.54) is 24.3 Å². The van der Waals surface area contributed by atoms with E-state index in [1.54, 1.807) is 18.2 Å². The number of aliphatic hydroxyl groups excluding tert-OH is 1. The van der Waals surface area contributed by atoms with Crippen LogP contribution in [-0.4, -0.2) is 37.2 Å². The number of amides is 2. The fraction of sp³-hybridized carbons (Fsp3) is 0.273. The second-order valence-electron chi connectivity index (χ2n) is 6.59. The number of methoxy groups -OCH3 is 1. The van der Waals surface area contributed by atoms with Gasteiger partial charge in [0, 0.05) is 11.1 Å². The molecule has 158 valence electrons. The van der Waals surface area contributed by atoms with Crippen LogP contribution in [0.15, 0.2) is 53.6 Å². The molecule has 0 heterocycles. The molecule has 0 fully saturated rings. The predicted molar refractivity (Wildman–Crippen MR) is 109 cm³/mol. The third-order valence-corrected chi connectivity index (χ3v) is 4.63. The van der Waals surface area contributed by atoms with Crippen LogP contribution in [0.5, 0.6) is 5.75 Å². The predicted octanol–water partition coefficient (Wildman–Crippen LogP) is 2.96. The highest BCUT2D eigenvalue weighted by atomic mass is 19.1. The lowest BCUT2D eigenvalue weighted by molar-refractivity contribution is -0.130. The summed E-state index contributed by atoms with van der Waals surface area (Å²) in [4.78, 5) is 29.7. The van der Waals surface area contributed by atoms with Gasteiger partial charge in [-0.2, -0.15) is 0 Å². The monoisotopic (exact) mass is 417 g/mol. The van der Waals surface area contributed by atoms with Crippen LogP contribution in [0.25, 0.3) is 11.1 Å². The topological polar surface area (TPSA) is 96.9 Å². The van der Waals surface area contributed by atoms with Crippen molar-refractivity contribution in [2.45, 2.75) is 19.3 Å². The molecule has 0 radical (unpaired) electrons. The summed E-state index contributed by atoms with van der Waals surface area (Å²) in [5.41, 5.74) is 3.62. The van der Waals surface area contributed by atoms with E-state index in [4.69, 9.17) is 18.8 Å². The van der Waals surface area contributed by atoms with Gasteiger partial charge in [-0.3, -0.25) is 14.4 Å². The smallest absolute Gasteiger partial charge is 0.271 e. The highest BCUT2D eigenvalue weighted by molar-refractivity contribution is 6.10. The molecule has 2 aromatic carbocycles. The third-order valence-electron chi connectivity index (χ3n) is 4.63. The van der Waals surface area contributed by atoms with Crippen LogP contribution in [0.1, 0.15) is 23.4 Å². The Labute approximate surface area is 177 Å². The molecular formula is C22H23FN2O5. The van der Waals surface area contributed by atoms with E-state index in [0.29, 0.717) is 30.4 Å². The van der Waals surface area contributed by atoms with E-state index >= 15 is 0 Å². The maximum atomic E-state index is 14.7. The first kappa shape index (κ1) is 17.6. The number of carbonyl (C=O) groups is 2. The summed E-state index contributed by atoms with van der Waals surface area (Å²) in [5.74, 6) is -1.73. The first-order valence-electron chi connectivity index (χ1n) is 10.8. The summed E-state index contributed by atoms with van der Waals surface area (Å²) in [7, 11) is -2.60. The minimum absolute atomic E-state index is 0.0608. The van der Waals surface area contributed by atoms with Crippen LogP contribution < -0.4 is 15.5 Å². The van der Waals surface area contributed by atoms with Crippen LogP contribution >= 0.6 is 0 Å². The van der Waals surface area contributed by atoms with Gasteiger partial charge >= 0.3 is 0 Å². The van der Waals surface area contributed by atoms with Gasteiger partial charge < -0.3 is 15.2 Å². The van der Waals surface area contributed by atoms with Gasteiger partial charge in [0.2, 0.25) is 0 Å². The van der Waals surface area contributed by atoms with Gasteiger partial charge in [-0.1, -0.05) is 18.2 Å². The zero-order valence-corrected chi connectivity index (χ0v) is 16.0. The molecule has 1 aliphatic carbocycles. The molecule has 0 saturated heterocycles. The Bertz CT molecular complexity index is 1070. The van der Waals surface area contributed by atoms with E-state index in [1.807, 2.05) is 0 Å². The molecule has 0 aliphatic heterocycles. The minimum Gasteiger partial charge on any atom is -0.497 e. The fourth-order valence-electron chi connectivity index (χ4n) is 3.20. The molecule has 0 atom stereocenters. The Balaban J connectivity index is 1.74. The number of carbonyl (C=O) groups excluding carboxylic acids is 2. The maximum Gasteiger partial charge on any atom is 0.271 e. The first-order valence-corrected chi connectivity index (χ1v) is 9.33. The molecule has 30 heavy (non-hydrogen) atoms. The second kappa shape index (κ2) is 10.00. The van der Waals surface area contributed by atoms with Crippen molar-refractivity contribution in [1.82, 2.24) is 5.48 Å². The molecule has 0 spiro atoms. The summed E-state index contributed by atoms with van der Waals surface area (Å²) in [6, 6.07) is 10.4. The molecule has 7 nitrogen and oxygen atoms in total. The normalized spacial score (nSPS) is 15.2. The van der Waals surface area contributed by atoms with Crippen molar-refractivity contribution in [3.05, 3.63) is 59.4 Å². The van der Waals surface area contributed by atoms with Gasteiger partial charge in [0.15, 0.2) is 0 Å². The summed E-state index contributed by atoms with van der Waals surface area (Å²) in [5, 5.41) is 11.2. The van der Waals surface area contributed by atoms with Crippen molar-refractivity contribution < 1.29 is 32.8 Å². The van der Waals surface area contributed by atoms with Crippen molar-refractivity contribution in [2.24, 2.45) is 0 Å². The molecule has 2 aromatic rings. The van der Waals surface area contributed by atoms with Crippen molar-refractivity contribution >= 4 is 17.5 Å². The maximum absolute atomic E-state index is 14.7. The number of hydrogen-bond donors (Lipinski definition) is 3. The number of halogens is 1. The molecule has 2 amide bonds. The van der Waals surface area contributed by atoms with Gasteiger partial charge in [-0.15, -0.1) is 0 Å². The van der Waals surface area contributed by atoms with Gasteiger partial charge in [0.25, 0.3) is 11.8 Å². The van der Waals surface area contributed by atoms with Crippen molar-refractivity contribution in [1.29, 1.82) is 0 Å². The summed E-state index contributed by atoms with van der Waals surface area (Å²) < 4.78 is 41.2. The molecule has 8 heteroatoms. The Kier molecular flexibility index (Phi) is 5.87. The SMILES string of the molecule is [2H]C([2H])([2H])Oc1cccc(-c2ccc(NC(=O)C3=C(C(=O)NOCCO)CCC3)c(F)c2)c1.